The van der Waals surface area contributed by atoms with E-state index < -0.39 is 29.2 Å². The Morgan fingerprint density at radius 1 is 1.11 bits per heavy atom. The summed E-state index contributed by atoms with van der Waals surface area (Å²) in [5, 5.41) is 16.3. The largest absolute Gasteiger partial charge is 0.438 e. The SMILES string of the molecule is O=C(CNC(=O)c1cccc(C(F)(F)F)c1)NC1CN([C@H]2CC[C@@](O)(c3nc4ccccc4o3)CC2)C1. The fourth-order valence-corrected chi connectivity index (χ4v) is 5.01. The van der Waals surface area contributed by atoms with Crippen molar-refractivity contribution in [3.8, 4) is 0 Å². The van der Waals surface area contributed by atoms with Gasteiger partial charge in [-0.1, -0.05) is 18.2 Å². The van der Waals surface area contributed by atoms with Gasteiger partial charge in [-0.15, -0.1) is 0 Å². The highest BCUT2D eigenvalue weighted by molar-refractivity contribution is 5.96. The number of alkyl halides is 3. The topological polar surface area (TPSA) is 108 Å². The molecule has 1 aromatic heterocycles. The molecular formula is C26H27F3N4O4. The number of hydrogen-bond acceptors (Lipinski definition) is 6. The van der Waals surface area contributed by atoms with E-state index in [2.05, 4.69) is 20.5 Å². The molecule has 1 saturated carbocycles. The lowest BCUT2D eigenvalue weighted by atomic mass is 9.80. The Hall–Kier alpha value is -3.44. The summed E-state index contributed by atoms with van der Waals surface area (Å²) in [5.74, 6) is -0.794. The standard InChI is InChI=1S/C26H27F3N4O4/c27-26(28,29)17-5-3-4-16(12-17)23(35)30-13-22(34)31-18-14-33(15-18)19-8-10-25(36,11-9-19)24-32-20-6-1-2-7-21(20)37-24/h1-7,12,18-19,36H,8-11,13-15H2,(H,30,35)(H,31,34)/t19-,25-. The Morgan fingerprint density at radius 3 is 2.54 bits per heavy atom. The van der Waals surface area contributed by atoms with Crippen molar-refractivity contribution in [1.29, 1.82) is 0 Å². The molecule has 8 nitrogen and oxygen atoms in total. The van der Waals surface area contributed by atoms with Gasteiger partial charge in [-0.2, -0.15) is 13.2 Å². The third-order valence-corrected chi connectivity index (χ3v) is 7.13. The molecule has 0 radical (unpaired) electrons. The number of oxazole rings is 1. The predicted octanol–water partition coefficient (Wildman–Crippen LogP) is 3.21. The molecule has 37 heavy (non-hydrogen) atoms. The number of benzene rings is 2. The molecule has 1 aliphatic heterocycles. The lowest BCUT2D eigenvalue weighted by Gasteiger charge is -2.47. The summed E-state index contributed by atoms with van der Waals surface area (Å²) in [6.07, 6.45) is -1.96. The zero-order valence-corrected chi connectivity index (χ0v) is 19.9. The highest BCUT2D eigenvalue weighted by Crippen LogP contribution is 2.40. The second-order valence-electron chi connectivity index (χ2n) is 9.73. The van der Waals surface area contributed by atoms with E-state index in [4.69, 9.17) is 4.42 Å². The van der Waals surface area contributed by atoms with Crippen LogP contribution in [0, 0.1) is 0 Å². The summed E-state index contributed by atoms with van der Waals surface area (Å²) in [6.45, 7) is 0.977. The van der Waals surface area contributed by atoms with E-state index >= 15 is 0 Å². The highest BCUT2D eigenvalue weighted by Gasteiger charge is 2.43. The van der Waals surface area contributed by atoms with Gasteiger partial charge >= 0.3 is 6.18 Å². The minimum absolute atomic E-state index is 0.0733. The van der Waals surface area contributed by atoms with Crippen molar-refractivity contribution in [3.63, 3.8) is 0 Å². The van der Waals surface area contributed by atoms with Crippen molar-refractivity contribution in [2.24, 2.45) is 0 Å². The molecule has 196 valence electrons. The summed E-state index contributed by atoms with van der Waals surface area (Å²) >= 11 is 0. The first-order valence-corrected chi connectivity index (χ1v) is 12.2. The Kier molecular flexibility index (Phi) is 6.67. The number of aromatic nitrogens is 1. The number of aliphatic hydroxyl groups is 1. The van der Waals surface area contributed by atoms with E-state index in [9.17, 15) is 27.9 Å². The molecule has 1 aliphatic carbocycles. The molecular weight excluding hydrogens is 489 g/mol. The summed E-state index contributed by atoms with van der Waals surface area (Å²) in [6, 6.07) is 11.7. The Morgan fingerprint density at radius 2 is 1.84 bits per heavy atom. The first-order valence-electron chi connectivity index (χ1n) is 12.2. The maximum absolute atomic E-state index is 12.8. The third-order valence-electron chi connectivity index (χ3n) is 7.13. The number of hydrogen-bond donors (Lipinski definition) is 3. The van der Waals surface area contributed by atoms with Gasteiger partial charge in [0.2, 0.25) is 11.8 Å². The van der Waals surface area contributed by atoms with Crippen molar-refractivity contribution in [1.82, 2.24) is 20.5 Å². The number of carbonyl (C=O) groups excluding carboxylic acids is 2. The lowest BCUT2D eigenvalue weighted by Crippen LogP contribution is -2.63. The Balaban J connectivity index is 1.05. The smallest absolute Gasteiger partial charge is 0.416 e. The maximum Gasteiger partial charge on any atom is 0.416 e. The van der Waals surface area contributed by atoms with Crippen LogP contribution in [0.3, 0.4) is 0 Å². The van der Waals surface area contributed by atoms with Gasteiger partial charge in [-0.3, -0.25) is 14.5 Å². The molecule has 0 bridgehead atoms. The minimum Gasteiger partial charge on any atom is -0.438 e. The van der Waals surface area contributed by atoms with Crippen LogP contribution in [0.2, 0.25) is 0 Å². The predicted molar refractivity (Wildman–Crippen MR) is 127 cm³/mol. The average Bonchev–Trinajstić information content (AvgIpc) is 3.30. The molecule has 0 atom stereocenters. The summed E-state index contributed by atoms with van der Waals surface area (Å²) in [5.41, 5.74) is -0.797. The molecule has 3 N–H and O–H groups in total. The fraction of sp³-hybridized carbons (Fsp3) is 0.423. The van der Waals surface area contributed by atoms with E-state index in [0.717, 1.165) is 36.6 Å². The van der Waals surface area contributed by atoms with Gasteiger partial charge in [-0.05, 0) is 56.0 Å². The average molecular weight is 517 g/mol. The Bertz CT molecular complexity index is 1260. The van der Waals surface area contributed by atoms with Crippen LogP contribution in [0.1, 0.15) is 47.5 Å². The van der Waals surface area contributed by atoms with Crippen molar-refractivity contribution in [2.75, 3.05) is 19.6 Å². The van der Waals surface area contributed by atoms with Gasteiger partial charge in [0.05, 0.1) is 18.2 Å². The molecule has 1 saturated heterocycles. The van der Waals surface area contributed by atoms with E-state index in [-0.39, 0.29) is 24.2 Å². The molecule has 0 spiro atoms. The third kappa shape index (κ3) is 5.47. The zero-order valence-electron chi connectivity index (χ0n) is 19.9. The van der Waals surface area contributed by atoms with Gasteiger partial charge in [0.1, 0.15) is 11.1 Å². The molecule has 11 heteroatoms. The number of halogens is 3. The molecule has 3 aromatic rings. The zero-order chi connectivity index (χ0) is 26.2. The van der Waals surface area contributed by atoms with E-state index in [1.807, 2.05) is 24.3 Å². The van der Waals surface area contributed by atoms with Crippen molar-refractivity contribution >= 4 is 22.9 Å². The normalized spacial score (nSPS) is 23.0. The first kappa shape index (κ1) is 25.2. The molecule has 2 aliphatic rings. The lowest BCUT2D eigenvalue weighted by molar-refractivity contribution is -0.137. The number of fused-ring (bicyclic) bond motifs is 1. The minimum atomic E-state index is -4.55. The molecule has 2 aromatic carbocycles. The Labute approximate surface area is 210 Å². The van der Waals surface area contributed by atoms with Gasteiger partial charge in [-0.25, -0.2) is 4.98 Å². The summed E-state index contributed by atoms with van der Waals surface area (Å²) in [7, 11) is 0. The van der Waals surface area contributed by atoms with Crippen molar-refractivity contribution < 1.29 is 32.3 Å². The summed E-state index contributed by atoms with van der Waals surface area (Å²) < 4.78 is 44.3. The molecule has 2 fully saturated rings. The van der Waals surface area contributed by atoms with Gasteiger partial charge in [0.25, 0.3) is 5.91 Å². The summed E-state index contributed by atoms with van der Waals surface area (Å²) in [4.78, 5) is 31.1. The van der Waals surface area contributed by atoms with Crippen LogP contribution >= 0.6 is 0 Å². The van der Waals surface area contributed by atoms with Crippen LogP contribution in [-0.2, 0) is 16.6 Å². The highest BCUT2D eigenvalue weighted by atomic mass is 19.4. The van der Waals surface area contributed by atoms with Crippen molar-refractivity contribution in [3.05, 3.63) is 65.5 Å². The molecule has 5 rings (SSSR count). The van der Waals surface area contributed by atoms with E-state index in [1.165, 1.54) is 6.07 Å². The second kappa shape index (κ2) is 9.79. The molecule has 0 unspecified atom stereocenters. The number of amides is 2. The number of carbonyl (C=O) groups is 2. The van der Waals surface area contributed by atoms with Crippen LogP contribution in [0.15, 0.2) is 52.9 Å². The van der Waals surface area contributed by atoms with Gasteiger partial charge in [0, 0.05) is 24.7 Å². The van der Waals surface area contributed by atoms with Crippen LogP contribution in [0.4, 0.5) is 13.2 Å². The van der Waals surface area contributed by atoms with E-state index in [1.54, 1.807) is 0 Å². The number of likely N-dealkylation sites (tertiary alicyclic amines) is 1. The number of nitrogens with one attached hydrogen (secondary N) is 2. The second-order valence-corrected chi connectivity index (χ2v) is 9.73. The molecule has 2 heterocycles. The number of rotatable bonds is 6. The number of para-hydroxylation sites is 2. The van der Waals surface area contributed by atoms with Gasteiger partial charge in [0.15, 0.2) is 5.58 Å². The number of nitrogens with zero attached hydrogens (tertiary/aromatic N) is 2. The van der Waals surface area contributed by atoms with E-state index in [0.29, 0.717) is 37.4 Å². The molecule has 2 amide bonds. The maximum atomic E-state index is 12.8. The van der Waals surface area contributed by atoms with Crippen LogP contribution in [-0.4, -0.2) is 58.5 Å². The van der Waals surface area contributed by atoms with Crippen LogP contribution in [0.25, 0.3) is 11.1 Å². The van der Waals surface area contributed by atoms with Gasteiger partial charge < -0.3 is 20.2 Å². The quantitative estimate of drug-likeness (QED) is 0.465. The fourth-order valence-electron chi connectivity index (χ4n) is 5.01. The monoisotopic (exact) mass is 516 g/mol. The van der Waals surface area contributed by atoms with Crippen molar-refractivity contribution in [2.45, 2.75) is 49.5 Å². The van der Waals surface area contributed by atoms with Crippen LogP contribution in [0.5, 0.6) is 0 Å². The first-order chi connectivity index (χ1) is 17.6. The van der Waals surface area contributed by atoms with Crippen LogP contribution < -0.4 is 10.6 Å².